The molecule has 1 amide bonds. The quantitative estimate of drug-likeness (QED) is 0.433. The molecule has 9 nitrogen and oxygen atoms in total. The average Bonchev–Trinajstić information content (AvgIpc) is 3.15. The Bertz CT molecular complexity index is 1450. The molecular weight excluding hydrogens is 470 g/mol. The van der Waals surface area contributed by atoms with Gasteiger partial charge in [-0.15, -0.1) is 0 Å². The first kappa shape index (κ1) is 22.9. The molecule has 1 aliphatic rings. The maximum Gasteiger partial charge on any atom is 0.243 e. The fourth-order valence-corrected chi connectivity index (χ4v) is 4.81. The van der Waals surface area contributed by atoms with Gasteiger partial charge >= 0.3 is 0 Å². The average molecular weight is 494 g/mol. The number of sulfonamides is 1. The Kier molecular flexibility index (Phi) is 6.14. The number of fused-ring (bicyclic) bond motifs is 2. The Hall–Kier alpha value is -3.89. The van der Waals surface area contributed by atoms with E-state index in [1.54, 1.807) is 30.3 Å². The van der Waals surface area contributed by atoms with Crippen molar-refractivity contribution in [3.05, 3.63) is 66.7 Å². The van der Waals surface area contributed by atoms with Crippen LogP contribution in [0.15, 0.2) is 76.0 Å². The second-order valence-electron chi connectivity index (χ2n) is 8.03. The maximum absolute atomic E-state index is 13.0. The van der Waals surface area contributed by atoms with Gasteiger partial charge in [-0.1, -0.05) is 12.1 Å². The number of nitrogens with zero attached hydrogens (tertiary/aromatic N) is 2. The molecule has 10 heteroatoms. The molecule has 0 aliphatic carbocycles. The second-order valence-corrected chi connectivity index (χ2v) is 10.1. The number of anilines is 1. The number of carbonyl (C=O) groups excluding carboxylic acids is 1. The lowest BCUT2D eigenvalue weighted by Crippen LogP contribution is -2.35. The topological polar surface area (TPSA) is 111 Å². The summed E-state index contributed by atoms with van der Waals surface area (Å²) in [6.07, 6.45) is 0.715. The van der Waals surface area contributed by atoms with Crippen LogP contribution in [0.3, 0.4) is 0 Å². The number of aromatic nitrogens is 1. The van der Waals surface area contributed by atoms with Gasteiger partial charge in [-0.2, -0.15) is 4.31 Å². The van der Waals surface area contributed by atoms with E-state index >= 15 is 0 Å². The molecule has 2 heterocycles. The van der Waals surface area contributed by atoms with Crippen LogP contribution in [-0.2, 0) is 14.8 Å². The maximum atomic E-state index is 13.0. The minimum atomic E-state index is -3.91. The van der Waals surface area contributed by atoms with Crippen molar-refractivity contribution in [3.8, 4) is 23.0 Å². The summed E-state index contributed by atoms with van der Waals surface area (Å²) in [5.41, 5.74) is 2.74. The van der Waals surface area contributed by atoms with Gasteiger partial charge in [0, 0.05) is 30.8 Å². The molecule has 3 aromatic carbocycles. The zero-order chi connectivity index (χ0) is 24.4. The minimum Gasteiger partial charge on any atom is -0.490 e. The number of ether oxygens (including phenoxy) is 2. The van der Waals surface area contributed by atoms with Crippen molar-refractivity contribution in [2.75, 3.05) is 32.1 Å². The highest BCUT2D eigenvalue weighted by molar-refractivity contribution is 7.89. The smallest absolute Gasteiger partial charge is 0.243 e. The van der Waals surface area contributed by atoms with Gasteiger partial charge in [0.25, 0.3) is 0 Å². The minimum absolute atomic E-state index is 0.0275. The van der Waals surface area contributed by atoms with E-state index in [1.807, 2.05) is 24.3 Å². The zero-order valence-electron chi connectivity index (χ0n) is 18.9. The van der Waals surface area contributed by atoms with Gasteiger partial charge in [-0.25, -0.2) is 13.4 Å². The highest BCUT2D eigenvalue weighted by Gasteiger charge is 2.25. The normalized spacial score (nSPS) is 13.5. The molecule has 1 N–H and O–H groups in total. The molecule has 0 atom stereocenters. The summed E-state index contributed by atoms with van der Waals surface area (Å²) in [5, 5.41) is 2.72. The molecule has 0 unspecified atom stereocenters. The monoisotopic (exact) mass is 493 g/mol. The van der Waals surface area contributed by atoms with Crippen LogP contribution in [0, 0.1) is 0 Å². The zero-order valence-corrected chi connectivity index (χ0v) is 19.7. The van der Waals surface area contributed by atoms with Crippen molar-refractivity contribution >= 4 is 32.7 Å². The number of rotatable bonds is 6. The molecule has 0 spiro atoms. The summed E-state index contributed by atoms with van der Waals surface area (Å²) in [5.74, 6) is 0.883. The third kappa shape index (κ3) is 4.84. The predicted octanol–water partition coefficient (Wildman–Crippen LogP) is 3.92. The molecule has 0 saturated heterocycles. The molecular formula is C25H23N3O6S. The summed E-state index contributed by atoms with van der Waals surface area (Å²) in [6, 6.07) is 18.9. The third-order valence-electron chi connectivity index (χ3n) is 5.50. The van der Waals surface area contributed by atoms with Crippen molar-refractivity contribution in [2.45, 2.75) is 11.3 Å². The number of benzene rings is 3. The van der Waals surface area contributed by atoms with Crippen LogP contribution in [0.25, 0.3) is 22.6 Å². The first-order valence-electron chi connectivity index (χ1n) is 11.0. The van der Waals surface area contributed by atoms with Crippen LogP contribution in [0.1, 0.15) is 6.42 Å². The molecule has 1 aromatic heterocycles. The Balaban J connectivity index is 1.24. The lowest BCUT2D eigenvalue weighted by molar-refractivity contribution is -0.116. The summed E-state index contributed by atoms with van der Waals surface area (Å²) >= 11 is 0. The van der Waals surface area contributed by atoms with Crippen molar-refractivity contribution in [1.29, 1.82) is 0 Å². The van der Waals surface area contributed by atoms with Gasteiger partial charge in [-0.3, -0.25) is 4.79 Å². The summed E-state index contributed by atoms with van der Waals surface area (Å²) in [7, 11) is -2.56. The number of hydrogen-bond donors (Lipinski definition) is 1. The van der Waals surface area contributed by atoms with E-state index in [0.29, 0.717) is 48.3 Å². The van der Waals surface area contributed by atoms with E-state index < -0.39 is 15.9 Å². The van der Waals surface area contributed by atoms with E-state index in [1.165, 1.54) is 19.2 Å². The Morgan fingerprint density at radius 3 is 2.51 bits per heavy atom. The second kappa shape index (κ2) is 9.40. The highest BCUT2D eigenvalue weighted by Crippen LogP contribution is 2.32. The molecule has 35 heavy (non-hydrogen) atoms. The Morgan fingerprint density at radius 1 is 1.00 bits per heavy atom. The fraction of sp³-hybridized carbons (Fsp3) is 0.200. The van der Waals surface area contributed by atoms with Crippen LogP contribution < -0.4 is 14.8 Å². The van der Waals surface area contributed by atoms with Gasteiger partial charge < -0.3 is 19.2 Å². The standard InChI is InChI=1S/C25H23N3O6S/c1-28(35(30,31)19-11-12-22-23(15-19)33-14-4-13-32-22)16-24(29)26-18-9-7-17(8-10-18)25-27-20-5-2-3-6-21(20)34-25/h2-3,5-12,15H,4,13-14,16H2,1H3,(H,26,29). The Morgan fingerprint density at radius 2 is 1.74 bits per heavy atom. The van der Waals surface area contributed by atoms with Gasteiger partial charge in [0.2, 0.25) is 21.8 Å². The van der Waals surface area contributed by atoms with Gasteiger partial charge in [-0.05, 0) is 48.5 Å². The van der Waals surface area contributed by atoms with Crippen LogP contribution in [-0.4, -0.2) is 50.4 Å². The lowest BCUT2D eigenvalue weighted by atomic mass is 10.2. The first-order valence-corrected chi connectivity index (χ1v) is 12.5. The van der Waals surface area contributed by atoms with Crippen LogP contribution in [0.5, 0.6) is 11.5 Å². The number of para-hydroxylation sites is 2. The summed E-state index contributed by atoms with van der Waals surface area (Å²) in [4.78, 5) is 17.0. The molecule has 5 rings (SSSR count). The van der Waals surface area contributed by atoms with Crippen LogP contribution >= 0.6 is 0 Å². The SMILES string of the molecule is CN(CC(=O)Nc1ccc(-c2nc3ccccc3o2)cc1)S(=O)(=O)c1ccc2c(c1)OCCCO2. The predicted molar refractivity (Wildman–Crippen MR) is 130 cm³/mol. The molecule has 0 bridgehead atoms. The first-order chi connectivity index (χ1) is 16.9. The van der Waals surface area contributed by atoms with Gasteiger partial charge in [0.1, 0.15) is 5.52 Å². The molecule has 0 fully saturated rings. The van der Waals surface area contributed by atoms with Gasteiger partial charge in [0.05, 0.1) is 24.7 Å². The van der Waals surface area contributed by atoms with E-state index in [9.17, 15) is 13.2 Å². The number of oxazole rings is 1. The lowest BCUT2D eigenvalue weighted by Gasteiger charge is -2.18. The number of likely N-dealkylation sites (N-methyl/N-ethyl adjacent to an activating group) is 1. The van der Waals surface area contributed by atoms with Gasteiger partial charge in [0.15, 0.2) is 17.1 Å². The molecule has 180 valence electrons. The highest BCUT2D eigenvalue weighted by atomic mass is 32.2. The van der Waals surface area contributed by atoms with Crippen molar-refractivity contribution in [2.24, 2.45) is 0 Å². The van der Waals surface area contributed by atoms with Crippen molar-refractivity contribution < 1.29 is 27.1 Å². The third-order valence-corrected chi connectivity index (χ3v) is 7.30. The molecule has 4 aromatic rings. The van der Waals surface area contributed by atoms with Crippen molar-refractivity contribution in [3.63, 3.8) is 0 Å². The molecule has 0 radical (unpaired) electrons. The van der Waals surface area contributed by atoms with Crippen LogP contribution in [0.4, 0.5) is 5.69 Å². The summed E-state index contributed by atoms with van der Waals surface area (Å²) in [6.45, 7) is 0.596. The van der Waals surface area contributed by atoms with Crippen LogP contribution in [0.2, 0.25) is 0 Å². The van der Waals surface area contributed by atoms with E-state index in [-0.39, 0.29) is 11.4 Å². The fourth-order valence-electron chi connectivity index (χ4n) is 3.66. The number of nitrogens with one attached hydrogen (secondary N) is 1. The number of amides is 1. The number of hydrogen-bond acceptors (Lipinski definition) is 7. The largest absolute Gasteiger partial charge is 0.490 e. The Labute approximate surface area is 202 Å². The molecule has 1 aliphatic heterocycles. The summed E-state index contributed by atoms with van der Waals surface area (Å²) < 4.78 is 43.9. The molecule has 0 saturated carbocycles. The van der Waals surface area contributed by atoms with E-state index in [2.05, 4.69) is 10.3 Å². The number of carbonyl (C=O) groups is 1. The van der Waals surface area contributed by atoms with E-state index in [0.717, 1.165) is 15.4 Å². The van der Waals surface area contributed by atoms with E-state index in [4.69, 9.17) is 13.9 Å². The van der Waals surface area contributed by atoms with Crippen molar-refractivity contribution in [1.82, 2.24) is 9.29 Å².